The molecule has 0 radical (unpaired) electrons. The van der Waals surface area contributed by atoms with Gasteiger partial charge in [-0.25, -0.2) is 16.8 Å². The third-order valence-corrected chi connectivity index (χ3v) is 7.44. The SMILES string of the molecule is CC(C)=C=C(C(CS(=O)(=O)c1ccccc1)=C(C)C)S(=O)(=O)c1ccccc1. The Morgan fingerprint density at radius 3 is 1.64 bits per heavy atom. The lowest BCUT2D eigenvalue weighted by atomic mass is 10.1. The average molecular weight is 417 g/mol. The summed E-state index contributed by atoms with van der Waals surface area (Å²) in [5.41, 5.74) is 4.40. The first-order valence-electron chi connectivity index (χ1n) is 8.74. The van der Waals surface area contributed by atoms with Gasteiger partial charge in [-0.1, -0.05) is 42.0 Å². The van der Waals surface area contributed by atoms with Gasteiger partial charge < -0.3 is 0 Å². The zero-order valence-corrected chi connectivity index (χ0v) is 18.1. The first-order chi connectivity index (χ1) is 13.1. The maximum Gasteiger partial charge on any atom is 0.214 e. The van der Waals surface area contributed by atoms with Crippen molar-refractivity contribution >= 4 is 19.7 Å². The highest BCUT2D eigenvalue weighted by atomic mass is 32.2. The van der Waals surface area contributed by atoms with Crippen molar-refractivity contribution in [1.82, 2.24) is 0 Å². The van der Waals surface area contributed by atoms with Gasteiger partial charge in [-0.15, -0.1) is 5.73 Å². The Labute approximate surface area is 167 Å². The maximum atomic E-state index is 13.3. The molecular weight excluding hydrogens is 392 g/mol. The largest absolute Gasteiger partial charge is 0.223 e. The summed E-state index contributed by atoms with van der Waals surface area (Å²) in [4.78, 5) is 0.162. The molecule has 0 fully saturated rings. The molecule has 4 nitrogen and oxygen atoms in total. The number of hydrogen-bond donors (Lipinski definition) is 0. The summed E-state index contributed by atoms with van der Waals surface area (Å²) in [5, 5.41) is 0. The van der Waals surface area contributed by atoms with Crippen LogP contribution in [0.5, 0.6) is 0 Å². The van der Waals surface area contributed by atoms with E-state index >= 15 is 0 Å². The fourth-order valence-electron chi connectivity index (χ4n) is 2.59. The van der Waals surface area contributed by atoms with E-state index in [-0.39, 0.29) is 20.3 Å². The van der Waals surface area contributed by atoms with Gasteiger partial charge in [-0.3, -0.25) is 0 Å². The van der Waals surface area contributed by atoms with Gasteiger partial charge in [0.05, 0.1) is 15.5 Å². The van der Waals surface area contributed by atoms with Gasteiger partial charge in [0, 0.05) is 0 Å². The van der Waals surface area contributed by atoms with Gasteiger partial charge in [0.15, 0.2) is 9.84 Å². The van der Waals surface area contributed by atoms with Crippen LogP contribution in [0.3, 0.4) is 0 Å². The summed E-state index contributed by atoms with van der Waals surface area (Å²) in [7, 11) is -7.65. The smallest absolute Gasteiger partial charge is 0.214 e. The lowest BCUT2D eigenvalue weighted by Crippen LogP contribution is -2.16. The van der Waals surface area contributed by atoms with E-state index in [0.717, 1.165) is 0 Å². The van der Waals surface area contributed by atoms with E-state index in [2.05, 4.69) is 5.73 Å². The maximum absolute atomic E-state index is 13.3. The van der Waals surface area contributed by atoms with Crippen LogP contribution in [0.2, 0.25) is 0 Å². The van der Waals surface area contributed by atoms with Gasteiger partial charge in [0.1, 0.15) is 4.91 Å². The summed E-state index contributed by atoms with van der Waals surface area (Å²) in [6.45, 7) is 6.88. The fourth-order valence-corrected chi connectivity index (χ4v) is 5.92. The van der Waals surface area contributed by atoms with Gasteiger partial charge in [-0.2, -0.15) is 0 Å². The van der Waals surface area contributed by atoms with Crippen molar-refractivity contribution in [3.63, 3.8) is 0 Å². The highest BCUT2D eigenvalue weighted by Crippen LogP contribution is 2.29. The summed E-state index contributed by atoms with van der Waals surface area (Å²) in [6.07, 6.45) is 0. The number of allylic oxidation sites excluding steroid dienone is 2. The quantitative estimate of drug-likeness (QED) is 0.505. The molecule has 28 heavy (non-hydrogen) atoms. The van der Waals surface area contributed by atoms with Crippen molar-refractivity contribution in [2.24, 2.45) is 0 Å². The number of hydrogen-bond acceptors (Lipinski definition) is 4. The lowest BCUT2D eigenvalue weighted by molar-refractivity contribution is 0.598. The standard InChI is InChI=1S/C22H24O4S2/c1-17(2)15-22(28(25,26)20-13-9-6-10-14-20)21(18(3)4)16-27(23,24)19-11-7-5-8-12-19/h5-14H,16H2,1-4H3. The van der Waals surface area contributed by atoms with Gasteiger partial charge in [0.2, 0.25) is 9.84 Å². The Hall–Kier alpha value is -2.40. The van der Waals surface area contributed by atoms with Crippen LogP contribution in [0.1, 0.15) is 27.7 Å². The molecule has 0 N–H and O–H groups in total. The molecule has 0 unspecified atom stereocenters. The van der Waals surface area contributed by atoms with Crippen LogP contribution < -0.4 is 0 Å². The van der Waals surface area contributed by atoms with E-state index in [9.17, 15) is 16.8 Å². The van der Waals surface area contributed by atoms with Crippen molar-refractivity contribution in [2.45, 2.75) is 37.5 Å². The van der Waals surface area contributed by atoms with Gasteiger partial charge >= 0.3 is 0 Å². The molecule has 0 amide bonds. The average Bonchev–Trinajstić information content (AvgIpc) is 2.65. The second-order valence-corrected chi connectivity index (χ2v) is 10.7. The fraction of sp³-hybridized carbons (Fsp3) is 0.227. The Morgan fingerprint density at radius 1 is 0.750 bits per heavy atom. The normalized spacial score (nSPS) is 11.4. The number of sulfone groups is 2. The third kappa shape index (κ3) is 5.10. The van der Waals surface area contributed by atoms with Crippen LogP contribution in [0, 0.1) is 0 Å². The lowest BCUT2D eigenvalue weighted by Gasteiger charge is -2.14. The zero-order chi connectivity index (χ0) is 20.9. The van der Waals surface area contributed by atoms with Crippen LogP contribution >= 0.6 is 0 Å². The highest BCUT2D eigenvalue weighted by molar-refractivity contribution is 7.96. The molecule has 2 aromatic carbocycles. The molecule has 2 rings (SSSR count). The van der Waals surface area contributed by atoms with Crippen molar-refractivity contribution in [3.8, 4) is 0 Å². The van der Waals surface area contributed by atoms with Crippen molar-refractivity contribution in [1.29, 1.82) is 0 Å². The molecule has 0 heterocycles. The first-order valence-corrected chi connectivity index (χ1v) is 11.9. The first kappa shape index (κ1) is 21.9. The molecular formula is C22H24O4S2. The molecule has 0 spiro atoms. The minimum Gasteiger partial charge on any atom is -0.223 e. The topological polar surface area (TPSA) is 68.3 Å². The molecule has 2 aromatic rings. The summed E-state index contributed by atoms with van der Waals surface area (Å²) in [5.74, 6) is -0.416. The predicted molar refractivity (Wildman–Crippen MR) is 112 cm³/mol. The van der Waals surface area contributed by atoms with Crippen LogP contribution in [-0.2, 0) is 19.7 Å². The summed E-state index contributed by atoms with van der Waals surface area (Å²) in [6, 6.07) is 16.0. The van der Waals surface area contributed by atoms with E-state index in [1.54, 1.807) is 64.1 Å². The van der Waals surface area contributed by atoms with Crippen LogP contribution in [0.15, 0.2) is 97.8 Å². The zero-order valence-electron chi connectivity index (χ0n) is 16.4. The Bertz CT molecular complexity index is 1140. The van der Waals surface area contributed by atoms with E-state index < -0.39 is 25.4 Å². The molecule has 6 heteroatoms. The molecule has 0 saturated carbocycles. The van der Waals surface area contributed by atoms with Crippen LogP contribution in [0.4, 0.5) is 0 Å². The van der Waals surface area contributed by atoms with Crippen molar-refractivity contribution in [3.05, 3.63) is 88.0 Å². The van der Waals surface area contributed by atoms with Crippen LogP contribution in [-0.4, -0.2) is 22.6 Å². The number of rotatable bonds is 6. The second kappa shape index (κ2) is 8.74. The van der Waals surface area contributed by atoms with Crippen LogP contribution in [0.25, 0.3) is 0 Å². The second-order valence-electron chi connectivity index (χ2n) is 6.82. The van der Waals surface area contributed by atoms with E-state index in [1.807, 2.05) is 0 Å². The van der Waals surface area contributed by atoms with Crippen molar-refractivity contribution in [2.75, 3.05) is 5.75 Å². The monoisotopic (exact) mass is 416 g/mol. The Balaban J connectivity index is 2.68. The molecule has 0 saturated heterocycles. The minimum absolute atomic E-state index is 0.0989. The molecule has 0 aromatic heterocycles. The predicted octanol–water partition coefficient (Wildman–Crippen LogP) is 4.72. The minimum atomic E-state index is -3.93. The summed E-state index contributed by atoms with van der Waals surface area (Å²) < 4.78 is 52.4. The van der Waals surface area contributed by atoms with Crippen molar-refractivity contribution < 1.29 is 16.8 Å². The Morgan fingerprint density at radius 2 is 1.21 bits per heavy atom. The number of benzene rings is 2. The van der Waals surface area contributed by atoms with E-state index in [0.29, 0.717) is 11.1 Å². The molecule has 0 bridgehead atoms. The van der Waals surface area contributed by atoms with Gasteiger partial charge in [0.25, 0.3) is 0 Å². The molecule has 0 aliphatic rings. The third-order valence-electron chi connectivity index (χ3n) is 4.00. The molecule has 148 valence electrons. The Kier molecular flexibility index (Phi) is 6.83. The molecule has 0 atom stereocenters. The summed E-state index contributed by atoms with van der Waals surface area (Å²) >= 11 is 0. The van der Waals surface area contributed by atoms with E-state index in [1.165, 1.54) is 24.3 Å². The molecule has 0 aliphatic heterocycles. The van der Waals surface area contributed by atoms with E-state index in [4.69, 9.17) is 0 Å². The molecule has 0 aliphatic carbocycles. The highest BCUT2D eigenvalue weighted by Gasteiger charge is 2.28. The van der Waals surface area contributed by atoms with Gasteiger partial charge in [-0.05, 0) is 63.1 Å².